The maximum Gasteiger partial charge on any atom is 0.248 e. The van der Waals surface area contributed by atoms with Gasteiger partial charge in [0, 0.05) is 26.7 Å². The van der Waals surface area contributed by atoms with Crippen molar-refractivity contribution in [3.63, 3.8) is 0 Å². The number of ether oxygens (including phenoxy) is 1. The van der Waals surface area contributed by atoms with Gasteiger partial charge in [0.15, 0.2) is 0 Å². The standard InChI is InChI=1S/C13H24N2O2/c1-17-11-13(16)15-8-4-12(5-9-15)10-14-6-2-3-7-14/h12H,2-11H2,1H3. The van der Waals surface area contributed by atoms with Crippen molar-refractivity contribution in [2.75, 3.05) is 46.4 Å². The van der Waals surface area contributed by atoms with Crippen LogP contribution in [0.4, 0.5) is 0 Å². The summed E-state index contributed by atoms with van der Waals surface area (Å²) < 4.78 is 4.89. The topological polar surface area (TPSA) is 32.8 Å². The molecule has 0 N–H and O–H groups in total. The smallest absolute Gasteiger partial charge is 0.248 e. The fourth-order valence-electron chi connectivity index (χ4n) is 2.91. The fourth-order valence-corrected chi connectivity index (χ4v) is 2.91. The number of rotatable bonds is 4. The average molecular weight is 240 g/mol. The molecule has 0 aromatic carbocycles. The Hall–Kier alpha value is -0.610. The first kappa shape index (κ1) is 12.8. The first-order chi connectivity index (χ1) is 8.29. The fraction of sp³-hybridized carbons (Fsp3) is 0.923. The summed E-state index contributed by atoms with van der Waals surface area (Å²) in [6, 6.07) is 0. The van der Waals surface area contributed by atoms with Crippen molar-refractivity contribution in [1.82, 2.24) is 9.80 Å². The molecule has 0 bridgehead atoms. The Labute approximate surface area is 104 Å². The molecular formula is C13H24N2O2. The van der Waals surface area contributed by atoms with Crippen LogP contribution in [0.1, 0.15) is 25.7 Å². The monoisotopic (exact) mass is 240 g/mol. The van der Waals surface area contributed by atoms with E-state index in [1.165, 1.54) is 32.5 Å². The molecular weight excluding hydrogens is 216 g/mol. The third kappa shape index (κ3) is 3.68. The number of carbonyl (C=O) groups excluding carboxylic acids is 1. The van der Waals surface area contributed by atoms with Gasteiger partial charge < -0.3 is 14.5 Å². The van der Waals surface area contributed by atoms with Crippen molar-refractivity contribution in [2.24, 2.45) is 5.92 Å². The van der Waals surface area contributed by atoms with Gasteiger partial charge in [-0.05, 0) is 44.7 Å². The summed E-state index contributed by atoms with van der Waals surface area (Å²) in [6.07, 6.45) is 5.05. The number of amides is 1. The van der Waals surface area contributed by atoms with Crippen LogP contribution in [0.2, 0.25) is 0 Å². The molecule has 2 fully saturated rings. The minimum Gasteiger partial charge on any atom is -0.375 e. The van der Waals surface area contributed by atoms with Gasteiger partial charge >= 0.3 is 0 Å². The van der Waals surface area contributed by atoms with Crippen LogP contribution >= 0.6 is 0 Å². The Balaban J connectivity index is 1.68. The summed E-state index contributed by atoms with van der Waals surface area (Å²) in [5.74, 6) is 0.937. The van der Waals surface area contributed by atoms with Crippen molar-refractivity contribution in [3.8, 4) is 0 Å². The highest BCUT2D eigenvalue weighted by Gasteiger charge is 2.24. The molecule has 0 spiro atoms. The molecule has 2 aliphatic heterocycles. The van der Waals surface area contributed by atoms with Crippen molar-refractivity contribution in [1.29, 1.82) is 0 Å². The van der Waals surface area contributed by atoms with E-state index in [1.807, 2.05) is 4.90 Å². The third-order valence-electron chi connectivity index (χ3n) is 3.95. The molecule has 4 heteroatoms. The van der Waals surface area contributed by atoms with Gasteiger partial charge in [0.1, 0.15) is 6.61 Å². The molecule has 0 aromatic heterocycles. The van der Waals surface area contributed by atoms with Gasteiger partial charge in [-0.3, -0.25) is 4.79 Å². The van der Waals surface area contributed by atoms with Crippen LogP contribution < -0.4 is 0 Å². The normalized spacial score (nSPS) is 23.2. The SMILES string of the molecule is COCC(=O)N1CCC(CN2CCCC2)CC1. The van der Waals surface area contributed by atoms with Gasteiger partial charge in [-0.2, -0.15) is 0 Å². The first-order valence-electron chi connectivity index (χ1n) is 6.78. The number of nitrogens with zero attached hydrogens (tertiary/aromatic N) is 2. The number of likely N-dealkylation sites (tertiary alicyclic amines) is 2. The quantitative estimate of drug-likeness (QED) is 0.734. The van der Waals surface area contributed by atoms with Gasteiger partial charge in [-0.1, -0.05) is 0 Å². The van der Waals surface area contributed by atoms with Crippen LogP contribution in [0.5, 0.6) is 0 Å². The number of piperidine rings is 1. The zero-order chi connectivity index (χ0) is 12.1. The van der Waals surface area contributed by atoms with Crippen LogP contribution in [0.15, 0.2) is 0 Å². The summed E-state index contributed by atoms with van der Waals surface area (Å²) in [5, 5.41) is 0. The lowest BCUT2D eigenvalue weighted by atomic mass is 9.96. The minimum absolute atomic E-state index is 0.145. The Morgan fingerprint density at radius 2 is 1.82 bits per heavy atom. The molecule has 0 aromatic rings. The maximum atomic E-state index is 11.6. The molecule has 0 saturated carbocycles. The maximum absolute atomic E-state index is 11.6. The Morgan fingerprint density at radius 1 is 1.18 bits per heavy atom. The zero-order valence-corrected chi connectivity index (χ0v) is 10.9. The summed E-state index contributed by atoms with van der Waals surface area (Å²) >= 11 is 0. The van der Waals surface area contributed by atoms with Crippen molar-refractivity contribution < 1.29 is 9.53 Å². The van der Waals surface area contributed by atoms with E-state index in [1.54, 1.807) is 7.11 Å². The van der Waals surface area contributed by atoms with Crippen LogP contribution in [0.25, 0.3) is 0 Å². The second-order valence-electron chi connectivity index (χ2n) is 5.26. The summed E-state index contributed by atoms with van der Waals surface area (Å²) in [7, 11) is 1.58. The van der Waals surface area contributed by atoms with Crippen molar-refractivity contribution in [3.05, 3.63) is 0 Å². The molecule has 2 heterocycles. The van der Waals surface area contributed by atoms with Gasteiger partial charge in [0.2, 0.25) is 5.91 Å². The Kier molecular flexibility index (Phi) is 4.80. The molecule has 2 aliphatic rings. The highest BCUT2D eigenvalue weighted by Crippen LogP contribution is 2.20. The van der Waals surface area contributed by atoms with E-state index in [9.17, 15) is 4.79 Å². The predicted molar refractivity (Wildman–Crippen MR) is 66.9 cm³/mol. The molecule has 4 nitrogen and oxygen atoms in total. The Morgan fingerprint density at radius 3 is 2.41 bits per heavy atom. The van der Waals surface area contributed by atoms with Crippen LogP contribution in [-0.4, -0.2) is 62.1 Å². The molecule has 2 rings (SSSR count). The van der Waals surface area contributed by atoms with Crippen molar-refractivity contribution >= 4 is 5.91 Å². The summed E-state index contributed by atoms with van der Waals surface area (Å²) in [5.41, 5.74) is 0. The van der Waals surface area contributed by atoms with E-state index < -0.39 is 0 Å². The molecule has 1 amide bonds. The van der Waals surface area contributed by atoms with Gasteiger partial charge in [-0.15, -0.1) is 0 Å². The summed E-state index contributed by atoms with van der Waals surface area (Å²) in [6.45, 7) is 5.87. The van der Waals surface area contributed by atoms with Crippen LogP contribution in [0, 0.1) is 5.92 Å². The van der Waals surface area contributed by atoms with E-state index in [-0.39, 0.29) is 12.5 Å². The average Bonchev–Trinajstić information content (AvgIpc) is 2.83. The van der Waals surface area contributed by atoms with E-state index >= 15 is 0 Å². The molecule has 0 atom stereocenters. The first-order valence-corrected chi connectivity index (χ1v) is 6.78. The number of hydrogen-bond donors (Lipinski definition) is 0. The molecule has 0 radical (unpaired) electrons. The molecule has 0 aliphatic carbocycles. The second kappa shape index (κ2) is 6.36. The number of methoxy groups -OCH3 is 1. The Bertz CT molecular complexity index is 244. The van der Waals surface area contributed by atoms with E-state index in [0.29, 0.717) is 0 Å². The molecule has 17 heavy (non-hydrogen) atoms. The van der Waals surface area contributed by atoms with Gasteiger partial charge in [0.05, 0.1) is 0 Å². The highest BCUT2D eigenvalue weighted by molar-refractivity contribution is 5.77. The van der Waals surface area contributed by atoms with Gasteiger partial charge in [-0.25, -0.2) is 0 Å². The van der Waals surface area contributed by atoms with E-state index in [0.717, 1.165) is 31.8 Å². The minimum atomic E-state index is 0.145. The predicted octanol–water partition coefficient (Wildman–Crippen LogP) is 0.967. The second-order valence-corrected chi connectivity index (χ2v) is 5.26. The number of carbonyl (C=O) groups is 1. The van der Waals surface area contributed by atoms with Crippen LogP contribution in [-0.2, 0) is 9.53 Å². The zero-order valence-electron chi connectivity index (χ0n) is 10.9. The largest absolute Gasteiger partial charge is 0.375 e. The molecule has 0 unspecified atom stereocenters. The van der Waals surface area contributed by atoms with E-state index in [2.05, 4.69) is 4.90 Å². The molecule has 2 saturated heterocycles. The third-order valence-corrected chi connectivity index (χ3v) is 3.95. The van der Waals surface area contributed by atoms with E-state index in [4.69, 9.17) is 4.74 Å². The lowest BCUT2D eigenvalue weighted by Gasteiger charge is -2.33. The molecule has 98 valence electrons. The lowest BCUT2D eigenvalue weighted by molar-refractivity contribution is -0.136. The van der Waals surface area contributed by atoms with Gasteiger partial charge in [0.25, 0.3) is 0 Å². The highest BCUT2D eigenvalue weighted by atomic mass is 16.5. The lowest BCUT2D eigenvalue weighted by Crippen LogP contribution is -2.42. The van der Waals surface area contributed by atoms with Crippen LogP contribution in [0.3, 0.4) is 0 Å². The van der Waals surface area contributed by atoms with Crippen molar-refractivity contribution in [2.45, 2.75) is 25.7 Å². The number of hydrogen-bond acceptors (Lipinski definition) is 3. The summed E-state index contributed by atoms with van der Waals surface area (Å²) in [4.78, 5) is 16.2.